The van der Waals surface area contributed by atoms with Crippen molar-refractivity contribution < 1.29 is 22.9 Å². The second kappa shape index (κ2) is 5.25. The van der Waals surface area contributed by atoms with Crippen molar-refractivity contribution in [2.24, 2.45) is 0 Å². The van der Waals surface area contributed by atoms with Crippen LogP contribution in [0, 0.1) is 10.1 Å². The molecule has 0 N–H and O–H groups in total. The van der Waals surface area contributed by atoms with Gasteiger partial charge >= 0.3 is 6.18 Å². The predicted octanol–water partition coefficient (Wildman–Crippen LogP) is 2.80. The predicted molar refractivity (Wildman–Crippen MR) is 62.4 cm³/mol. The first-order chi connectivity index (χ1) is 8.61. The molecule has 0 saturated carbocycles. The van der Waals surface area contributed by atoms with Crippen molar-refractivity contribution in [3.8, 4) is 0 Å². The number of carbonyl (C=O) groups excluding carboxylic acids is 1. The Bertz CT molecular complexity index is 514. The smallest absolute Gasteiger partial charge is 0.366 e. The van der Waals surface area contributed by atoms with Gasteiger partial charge in [0.25, 0.3) is 5.69 Å². The number of benzene rings is 1. The van der Waals surface area contributed by atoms with Crippen LogP contribution < -0.4 is 4.90 Å². The number of Topliss-reactive ketones (excluding diaryl/α,β-unsaturated/α-hetero) is 1. The summed E-state index contributed by atoms with van der Waals surface area (Å²) in [6.07, 6.45) is -4.41. The van der Waals surface area contributed by atoms with E-state index < -0.39 is 29.1 Å². The highest BCUT2D eigenvalue weighted by molar-refractivity contribution is 5.98. The number of rotatable bonds is 4. The first kappa shape index (κ1) is 14.9. The zero-order chi connectivity index (χ0) is 14.8. The molecule has 0 unspecified atom stereocenters. The van der Waals surface area contributed by atoms with Gasteiger partial charge in [0.15, 0.2) is 5.78 Å². The molecule has 0 aliphatic heterocycles. The maximum Gasteiger partial charge on any atom is 0.405 e. The molecule has 0 amide bonds. The third kappa shape index (κ3) is 3.94. The number of hydrogen-bond acceptors (Lipinski definition) is 4. The Morgan fingerprint density at radius 2 is 2.00 bits per heavy atom. The lowest BCUT2D eigenvalue weighted by molar-refractivity contribution is -0.385. The molecule has 0 aliphatic rings. The maximum atomic E-state index is 12.2. The summed E-state index contributed by atoms with van der Waals surface area (Å²) in [7, 11) is 1.17. The summed E-state index contributed by atoms with van der Waals surface area (Å²) in [4.78, 5) is 22.0. The summed E-state index contributed by atoms with van der Waals surface area (Å²) in [6.45, 7) is -0.0784. The molecule has 0 fully saturated rings. The second-order valence-corrected chi connectivity index (χ2v) is 3.99. The lowest BCUT2D eigenvalue weighted by Crippen LogP contribution is -2.30. The van der Waals surface area contributed by atoms with E-state index in [0.717, 1.165) is 24.0 Å². The average molecular weight is 276 g/mol. The molecule has 0 saturated heterocycles. The van der Waals surface area contributed by atoms with Crippen molar-refractivity contribution >= 4 is 17.2 Å². The third-order valence-electron chi connectivity index (χ3n) is 2.41. The van der Waals surface area contributed by atoms with Crippen LogP contribution in [0.5, 0.6) is 0 Å². The van der Waals surface area contributed by atoms with Crippen LogP contribution in [0.25, 0.3) is 0 Å². The molecule has 8 heteroatoms. The van der Waals surface area contributed by atoms with Crippen molar-refractivity contribution in [2.45, 2.75) is 13.1 Å². The number of hydrogen-bond donors (Lipinski definition) is 0. The minimum atomic E-state index is -4.41. The van der Waals surface area contributed by atoms with Crippen molar-refractivity contribution in [3.05, 3.63) is 33.9 Å². The second-order valence-electron chi connectivity index (χ2n) is 3.99. The quantitative estimate of drug-likeness (QED) is 0.482. The molecule has 0 heterocycles. The van der Waals surface area contributed by atoms with Gasteiger partial charge in [-0.2, -0.15) is 13.2 Å². The number of halogens is 3. The van der Waals surface area contributed by atoms with Crippen molar-refractivity contribution in [1.29, 1.82) is 0 Å². The van der Waals surface area contributed by atoms with Crippen LogP contribution in [0.2, 0.25) is 0 Å². The molecule has 0 spiro atoms. The average Bonchev–Trinajstić information content (AvgIpc) is 2.25. The van der Waals surface area contributed by atoms with E-state index in [4.69, 9.17) is 0 Å². The normalized spacial score (nSPS) is 11.2. The third-order valence-corrected chi connectivity index (χ3v) is 2.41. The van der Waals surface area contributed by atoms with E-state index in [1.54, 1.807) is 0 Å². The highest BCUT2D eigenvalue weighted by Gasteiger charge is 2.30. The Labute approximate surface area is 106 Å². The lowest BCUT2D eigenvalue weighted by Gasteiger charge is -2.20. The van der Waals surface area contributed by atoms with Crippen LogP contribution in [-0.4, -0.2) is 30.5 Å². The Kier molecular flexibility index (Phi) is 4.13. The number of nitro benzene ring substituents is 1. The van der Waals surface area contributed by atoms with Crippen LogP contribution in [0.1, 0.15) is 17.3 Å². The number of ketones is 1. The topological polar surface area (TPSA) is 63.5 Å². The Morgan fingerprint density at radius 3 is 2.42 bits per heavy atom. The van der Waals surface area contributed by atoms with Crippen LogP contribution in [-0.2, 0) is 0 Å². The van der Waals surface area contributed by atoms with Crippen LogP contribution in [0.15, 0.2) is 18.2 Å². The zero-order valence-corrected chi connectivity index (χ0v) is 10.2. The molecule has 0 aliphatic carbocycles. The van der Waals surface area contributed by atoms with Crippen LogP contribution in [0.3, 0.4) is 0 Å². The molecule has 0 aromatic heterocycles. The van der Waals surface area contributed by atoms with E-state index in [1.807, 2.05) is 0 Å². The summed E-state index contributed by atoms with van der Waals surface area (Å²) in [5.41, 5.74) is -0.609. The van der Waals surface area contributed by atoms with Crippen molar-refractivity contribution in [1.82, 2.24) is 0 Å². The Morgan fingerprint density at radius 1 is 1.42 bits per heavy atom. The molecule has 5 nitrogen and oxygen atoms in total. The fraction of sp³-hybridized carbons (Fsp3) is 0.364. The standard InChI is InChI=1S/C11H11F3N2O3/c1-7(17)9-4-3-8(5-10(9)16(18)19)15(2)6-11(12,13)14/h3-5H,6H2,1-2H3. The van der Waals surface area contributed by atoms with E-state index in [-0.39, 0.29) is 11.3 Å². The highest BCUT2D eigenvalue weighted by atomic mass is 19.4. The molecule has 19 heavy (non-hydrogen) atoms. The van der Waals surface area contributed by atoms with Crippen molar-refractivity contribution in [2.75, 3.05) is 18.5 Å². The van der Waals surface area contributed by atoms with Gasteiger partial charge in [0.1, 0.15) is 6.54 Å². The number of nitrogens with zero attached hydrogens (tertiary/aromatic N) is 2. The molecule has 1 aromatic rings. The number of nitro groups is 1. The SMILES string of the molecule is CC(=O)c1ccc(N(C)CC(F)(F)F)cc1[N+](=O)[O-]. The number of alkyl halides is 3. The molecular weight excluding hydrogens is 265 g/mol. The van der Waals surface area contributed by atoms with Gasteiger partial charge in [0, 0.05) is 18.8 Å². The summed E-state index contributed by atoms with van der Waals surface area (Å²) < 4.78 is 36.7. The molecular formula is C11H11F3N2O3. The minimum absolute atomic E-state index is 0.0222. The summed E-state index contributed by atoms with van der Waals surface area (Å²) in [5, 5.41) is 10.8. The van der Waals surface area contributed by atoms with Crippen molar-refractivity contribution in [3.63, 3.8) is 0 Å². The molecule has 1 aromatic carbocycles. The largest absolute Gasteiger partial charge is 0.405 e. The lowest BCUT2D eigenvalue weighted by atomic mass is 10.1. The Hall–Kier alpha value is -2.12. The van der Waals surface area contributed by atoms with E-state index in [2.05, 4.69) is 0 Å². The first-order valence-corrected chi connectivity index (χ1v) is 5.19. The van der Waals surface area contributed by atoms with Gasteiger partial charge in [-0.15, -0.1) is 0 Å². The molecule has 1 rings (SSSR count). The molecule has 104 valence electrons. The molecule has 0 bridgehead atoms. The number of anilines is 1. The summed E-state index contributed by atoms with van der Waals surface area (Å²) >= 11 is 0. The van der Waals surface area contributed by atoms with Gasteiger partial charge in [0.2, 0.25) is 0 Å². The first-order valence-electron chi connectivity index (χ1n) is 5.19. The molecule has 0 radical (unpaired) electrons. The van der Waals surface area contributed by atoms with E-state index in [9.17, 15) is 28.1 Å². The highest BCUT2D eigenvalue weighted by Crippen LogP contribution is 2.27. The van der Waals surface area contributed by atoms with Crippen LogP contribution >= 0.6 is 0 Å². The van der Waals surface area contributed by atoms with Gasteiger partial charge in [-0.25, -0.2) is 0 Å². The van der Waals surface area contributed by atoms with E-state index in [0.29, 0.717) is 0 Å². The fourth-order valence-electron chi connectivity index (χ4n) is 1.57. The van der Waals surface area contributed by atoms with E-state index in [1.165, 1.54) is 13.1 Å². The van der Waals surface area contributed by atoms with Gasteiger partial charge in [-0.1, -0.05) is 0 Å². The monoisotopic (exact) mass is 276 g/mol. The van der Waals surface area contributed by atoms with Gasteiger partial charge in [0.05, 0.1) is 10.5 Å². The van der Waals surface area contributed by atoms with Gasteiger partial charge < -0.3 is 4.90 Å². The maximum absolute atomic E-state index is 12.2. The summed E-state index contributed by atoms with van der Waals surface area (Å²) in [5.74, 6) is -0.517. The van der Waals surface area contributed by atoms with Gasteiger partial charge in [-0.05, 0) is 19.1 Å². The zero-order valence-electron chi connectivity index (χ0n) is 10.2. The van der Waals surface area contributed by atoms with Gasteiger partial charge in [-0.3, -0.25) is 14.9 Å². The molecule has 0 atom stereocenters. The minimum Gasteiger partial charge on any atom is -0.366 e. The van der Waals surface area contributed by atoms with E-state index >= 15 is 0 Å². The van der Waals surface area contributed by atoms with Crippen LogP contribution in [0.4, 0.5) is 24.5 Å². The Balaban J connectivity index is 3.15. The fourth-order valence-corrected chi connectivity index (χ4v) is 1.57. The number of carbonyl (C=O) groups is 1. The summed E-state index contributed by atoms with van der Waals surface area (Å²) in [6, 6.07) is 3.36.